The molecular weight excluding hydrogens is 237 g/mol. The summed E-state index contributed by atoms with van der Waals surface area (Å²) >= 11 is 5.78. The molecule has 0 radical (unpaired) electrons. The molecule has 1 aromatic rings. The van der Waals surface area contributed by atoms with Gasteiger partial charge in [-0.25, -0.2) is 4.39 Å². The van der Waals surface area contributed by atoms with Crippen molar-refractivity contribution in [2.24, 2.45) is 5.73 Å². The molecule has 4 nitrogen and oxygen atoms in total. The van der Waals surface area contributed by atoms with Crippen molar-refractivity contribution in [3.63, 3.8) is 0 Å². The molecule has 0 heterocycles. The first kappa shape index (κ1) is 12.9. The number of rotatable bonds is 3. The number of primary amides is 1. The zero-order valence-corrected chi connectivity index (χ0v) is 9.20. The summed E-state index contributed by atoms with van der Waals surface area (Å²) in [7, 11) is 0. The van der Waals surface area contributed by atoms with Gasteiger partial charge >= 0.3 is 0 Å². The summed E-state index contributed by atoms with van der Waals surface area (Å²) in [6, 6.07) is 2.29. The van der Waals surface area contributed by atoms with Crippen LogP contribution in [-0.4, -0.2) is 22.2 Å². The van der Waals surface area contributed by atoms with E-state index in [1.807, 2.05) is 0 Å². The van der Waals surface area contributed by atoms with Gasteiger partial charge in [0.2, 0.25) is 5.91 Å². The molecule has 0 aliphatic heterocycles. The van der Waals surface area contributed by atoms with Crippen molar-refractivity contribution in [2.75, 3.05) is 0 Å². The van der Waals surface area contributed by atoms with Crippen LogP contribution < -0.4 is 5.73 Å². The molecular formula is C10H11ClFNO3. The van der Waals surface area contributed by atoms with E-state index < -0.39 is 23.9 Å². The lowest BCUT2D eigenvalue weighted by atomic mass is 10.0. The zero-order valence-electron chi connectivity index (χ0n) is 8.45. The van der Waals surface area contributed by atoms with E-state index in [1.165, 1.54) is 13.0 Å². The number of hydrogen-bond acceptors (Lipinski definition) is 3. The van der Waals surface area contributed by atoms with Crippen molar-refractivity contribution in [1.82, 2.24) is 0 Å². The Bertz CT molecular complexity index is 425. The SMILES string of the molecule is Cc1c(F)ccc(C(O)C(O)C(N)=O)c1Cl. The standard InChI is InChI=1S/C10H11ClFNO3/c1-4-6(12)3-2-5(7(4)11)8(14)9(15)10(13)16/h2-3,8-9,14-15H,1H3,(H2,13,16). The van der Waals surface area contributed by atoms with Gasteiger partial charge in [-0.3, -0.25) is 4.79 Å². The van der Waals surface area contributed by atoms with Crippen LogP contribution in [0.15, 0.2) is 12.1 Å². The van der Waals surface area contributed by atoms with E-state index in [9.17, 15) is 19.4 Å². The lowest BCUT2D eigenvalue weighted by Crippen LogP contribution is -2.34. The number of amides is 1. The molecule has 0 aromatic heterocycles. The minimum absolute atomic E-state index is 0.0344. The molecule has 4 N–H and O–H groups in total. The maximum absolute atomic E-state index is 13.1. The largest absolute Gasteiger partial charge is 0.385 e. The van der Waals surface area contributed by atoms with Crippen molar-refractivity contribution in [1.29, 1.82) is 0 Å². The second-order valence-electron chi connectivity index (χ2n) is 3.37. The van der Waals surface area contributed by atoms with Crippen molar-refractivity contribution in [2.45, 2.75) is 19.1 Å². The molecule has 0 saturated carbocycles. The predicted octanol–water partition coefficient (Wildman–Crippen LogP) is 0.667. The Morgan fingerprint density at radius 1 is 1.50 bits per heavy atom. The lowest BCUT2D eigenvalue weighted by Gasteiger charge is -2.17. The number of halogens is 2. The fourth-order valence-electron chi connectivity index (χ4n) is 1.24. The molecule has 0 fully saturated rings. The number of hydrogen-bond donors (Lipinski definition) is 3. The minimum atomic E-state index is -1.78. The van der Waals surface area contributed by atoms with E-state index in [2.05, 4.69) is 0 Å². The maximum atomic E-state index is 13.1. The van der Waals surface area contributed by atoms with Crippen LogP contribution in [0, 0.1) is 12.7 Å². The van der Waals surface area contributed by atoms with Crippen LogP contribution in [0.2, 0.25) is 5.02 Å². The molecule has 0 bridgehead atoms. The van der Waals surface area contributed by atoms with Gasteiger partial charge in [0.05, 0.1) is 5.02 Å². The van der Waals surface area contributed by atoms with Crippen molar-refractivity contribution in [3.05, 3.63) is 34.1 Å². The fraction of sp³-hybridized carbons (Fsp3) is 0.300. The van der Waals surface area contributed by atoms with E-state index in [1.54, 1.807) is 0 Å². The van der Waals surface area contributed by atoms with Gasteiger partial charge in [-0.05, 0) is 13.0 Å². The van der Waals surface area contributed by atoms with E-state index in [0.29, 0.717) is 0 Å². The Morgan fingerprint density at radius 3 is 2.56 bits per heavy atom. The average Bonchev–Trinajstić information content (AvgIpc) is 2.24. The van der Waals surface area contributed by atoms with Gasteiger partial charge in [-0.15, -0.1) is 0 Å². The smallest absolute Gasteiger partial charge is 0.249 e. The van der Waals surface area contributed by atoms with Gasteiger partial charge in [-0.1, -0.05) is 17.7 Å². The van der Waals surface area contributed by atoms with Crippen LogP contribution in [0.4, 0.5) is 4.39 Å². The van der Waals surface area contributed by atoms with E-state index in [4.69, 9.17) is 17.3 Å². The van der Waals surface area contributed by atoms with Gasteiger partial charge in [0.1, 0.15) is 11.9 Å². The fourth-order valence-corrected chi connectivity index (χ4v) is 1.50. The number of carbonyl (C=O) groups excluding carboxylic acids is 1. The maximum Gasteiger partial charge on any atom is 0.249 e. The first-order valence-electron chi connectivity index (χ1n) is 4.46. The van der Waals surface area contributed by atoms with Crippen LogP contribution >= 0.6 is 11.6 Å². The highest BCUT2D eigenvalue weighted by molar-refractivity contribution is 6.32. The lowest BCUT2D eigenvalue weighted by molar-refractivity contribution is -0.131. The summed E-state index contributed by atoms with van der Waals surface area (Å²) in [6.07, 6.45) is -3.34. The van der Waals surface area contributed by atoms with Crippen molar-refractivity contribution in [3.8, 4) is 0 Å². The highest BCUT2D eigenvalue weighted by atomic mass is 35.5. The topological polar surface area (TPSA) is 83.6 Å². The number of nitrogens with two attached hydrogens (primary N) is 1. The molecule has 1 aromatic carbocycles. The van der Waals surface area contributed by atoms with Crippen molar-refractivity contribution >= 4 is 17.5 Å². The Hall–Kier alpha value is -1.17. The van der Waals surface area contributed by atoms with Crippen LogP contribution in [0.5, 0.6) is 0 Å². The summed E-state index contributed by atoms with van der Waals surface area (Å²) in [5, 5.41) is 18.8. The predicted molar refractivity (Wildman–Crippen MR) is 56.3 cm³/mol. The quantitative estimate of drug-likeness (QED) is 0.734. The second kappa shape index (κ2) is 4.78. The average molecular weight is 248 g/mol. The molecule has 1 amide bonds. The first-order valence-corrected chi connectivity index (χ1v) is 4.84. The highest BCUT2D eigenvalue weighted by Crippen LogP contribution is 2.29. The Morgan fingerprint density at radius 2 is 2.06 bits per heavy atom. The normalized spacial score (nSPS) is 14.6. The molecule has 0 saturated heterocycles. The molecule has 2 atom stereocenters. The Labute approximate surface area is 96.4 Å². The second-order valence-corrected chi connectivity index (χ2v) is 3.75. The molecule has 16 heavy (non-hydrogen) atoms. The number of carbonyl (C=O) groups is 1. The number of aliphatic hydroxyl groups is 2. The summed E-state index contributed by atoms with van der Waals surface area (Å²) < 4.78 is 13.1. The molecule has 0 spiro atoms. The summed E-state index contributed by atoms with van der Waals surface area (Å²) in [4.78, 5) is 10.7. The third-order valence-electron chi connectivity index (χ3n) is 2.26. The molecule has 1 rings (SSSR count). The van der Waals surface area contributed by atoms with Gasteiger partial charge in [0.15, 0.2) is 6.10 Å². The van der Waals surface area contributed by atoms with Crippen LogP contribution in [0.3, 0.4) is 0 Å². The van der Waals surface area contributed by atoms with Crippen LogP contribution in [0.1, 0.15) is 17.2 Å². The number of aliphatic hydroxyl groups excluding tert-OH is 2. The number of benzene rings is 1. The Kier molecular flexibility index (Phi) is 3.85. The summed E-state index contributed by atoms with van der Waals surface area (Å²) in [5.74, 6) is -1.61. The Balaban J connectivity index is 3.14. The zero-order chi connectivity index (χ0) is 12.5. The molecule has 6 heteroatoms. The third-order valence-corrected chi connectivity index (χ3v) is 2.76. The van der Waals surface area contributed by atoms with E-state index >= 15 is 0 Å². The van der Waals surface area contributed by atoms with Gasteiger partial charge in [0, 0.05) is 11.1 Å². The van der Waals surface area contributed by atoms with E-state index in [-0.39, 0.29) is 16.1 Å². The molecule has 2 unspecified atom stereocenters. The van der Waals surface area contributed by atoms with Crippen LogP contribution in [0.25, 0.3) is 0 Å². The highest BCUT2D eigenvalue weighted by Gasteiger charge is 2.26. The third kappa shape index (κ3) is 2.32. The summed E-state index contributed by atoms with van der Waals surface area (Å²) in [5.41, 5.74) is 5.02. The van der Waals surface area contributed by atoms with Gasteiger partial charge in [-0.2, -0.15) is 0 Å². The molecule has 0 aliphatic rings. The molecule has 88 valence electrons. The summed E-state index contributed by atoms with van der Waals surface area (Å²) in [6.45, 7) is 1.42. The monoisotopic (exact) mass is 247 g/mol. The first-order chi connectivity index (χ1) is 7.36. The van der Waals surface area contributed by atoms with Crippen molar-refractivity contribution < 1.29 is 19.4 Å². The van der Waals surface area contributed by atoms with Gasteiger partial charge in [0.25, 0.3) is 0 Å². The van der Waals surface area contributed by atoms with Crippen LogP contribution in [-0.2, 0) is 4.79 Å². The van der Waals surface area contributed by atoms with Gasteiger partial charge < -0.3 is 15.9 Å². The van der Waals surface area contributed by atoms with E-state index in [0.717, 1.165) is 6.07 Å². The minimum Gasteiger partial charge on any atom is -0.385 e. The molecule has 0 aliphatic carbocycles.